The van der Waals surface area contributed by atoms with Crippen LogP contribution < -0.4 is 14.6 Å². The molecule has 2 aromatic carbocycles. The first kappa shape index (κ1) is 19.2. The molecule has 0 saturated carbocycles. The van der Waals surface area contributed by atoms with Gasteiger partial charge in [0, 0.05) is 18.1 Å². The number of benzene rings is 2. The molecular weight excluding hydrogens is 364 g/mol. The predicted molar refractivity (Wildman–Crippen MR) is 90.2 cm³/mol. The fraction of sp³-hybridized carbons (Fsp3) is 0.188. The molecule has 0 heterocycles. The van der Waals surface area contributed by atoms with E-state index in [1.807, 2.05) is 0 Å². The second-order valence-electron chi connectivity index (χ2n) is 5.26. The number of hydrogen-bond donors (Lipinski definition) is 1. The van der Waals surface area contributed by atoms with Gasteiger partial charge in [-0.3, -0.25) is 14.8 Å². The van der Waals surface area contributed by atoms with Crippen LogP contribution in [0.3, 0.4) is 0 Å². The molecule has 0 amide bonds. The molecule has 0 aliphatic rings. The Morgan fingerprint density at radius 1 is 1.19 bits per heavy atom. The number of carboxylic acid groups (broad SMARTS) is 1. The molecule has 0 saturated heterocycles. The molecule has 0 aliphatic heterocycles. The Kier molecular flexibility index (Phi) is 5.78. The Labute approximate surface area is 149 Å². The summed E-state index contributed by atoms with van der Waals surface area (Å²) in [5, 5.41) is 21.3. The molecular formula is C16H15N2O7S-. The average molecular weight is 379 g/mol. The predicted octanol–water partition coefficient (Wildman–Crippen LogP) is 1.09. The monoisotopic (exact) mass is 379 g/mol. The maximum absolute atomic E-state index is 12.5. The minimum Gasteiger partial charge on any atom is -0.550 e. The van der Waals surface area contributed by atoms with E-state index in [-0.39, 0.29) is 34.9 Å². The van der Waals surface area contributed by atoms with Crippen LogP contribution in [0.1, 0.15) is 12.0 Å². The molecule has 0 fully saturated rings. The molecule has 10 heteroatoms. The third-order valence-corrected chi connectivity index (χ3v) is 4.87. The summed E-state index contributed by atoms with van der Waals surface area (Å²) in [6.45, 7) is 0. The highest BCUT2D eigenvalue weighted by atomic mass is 32.2. The molecule has 0 radical (unpaired) electrons. The summed E-state index contributed by atoms with van der Waals surface area (Å²) in [5.74, 6) is -1.06. The van der Waals surface area contributed by atoms with Gasteiger partial charge in [0.15, 0.2) is 0 Å². The zero-order valence-corrected chi connectivity index (χ0v) is 14.5. The minimum absolute atomic E-state index is 0.0669. The Hall–Kier alpha value is -3.14. The molecule has 1 N–H and O–H groups in total. The number of carboxylic acids is 1. The highest BCUT2D eigenvalue weighted by Crippen LogP contribution is 2.30. The van der Waals surface area contributed by atoms with Crippen LogP contribution in [0.5, 0.6) is 5.75 Å². The summed E-state index contributed by atoms with van der Waals surface area (Å²) in [5.41, 5.74) is 0.282. The molecule has 0 aliphatic carbocycles. The zero-order valence-electron chi connectivity index (χ0n) is 13.7. The molecule has 0 aromatic heterocycles. The second kappa shape index (κ2) is 7.83. The number of ether oxygens (including phenoxy) is 1. The second-order valence-corrected chi connectivity index (χ2v) is 6.95. The van der Waals surface area contributed by atoms with Gasteiger partial charge in [0.25, 0.3) is 15.7 Å². The highest BCUT2D eigenvalue weighted by molar-refractivity contribution is 7.92. The lowest BCUT2D eigenvalue weighted by Crippen LogP contribution is -2.22. The van der Waals surface area contributed by atoms with Crippen LogP contribution in [0.15, 0.2) is 47.4 Å². The van der Waals surface area contributed by atoms with Gasteiger partial charge in [-0.2, -0.15) is 0 Å². The summed E-state index contributed by atoms with van der Waals surface area (Å²) < 4.78 is 32.3. The Morgan fingerprint density at radius 2 is 1.85 bits per heavy atom. The number of aryl methyl sites for hydroxylation is 1. The summed E-state index contributed by atoms with van der Waals surface area (Å²) in [4.78, 5) is 20.6. The Bertz CT molecular complexity index is 924. The summed E-state index contributed by atoms with van der Waals surface area (Å²) in [6, 6.07) is 9.16. The number of nitrogens with zero attached hydrogens (tertiary/aromatic N) is 1. The van der Waals surface area contributed by atoms with E-state index < -0.39 is 20.9 Å². The number of nitrogens with one attached hydrogen (secondary N) is 1. The van der Waals surface area contributed by atoms with Crippen LogP contribution in [-0.4, -0.2) is 26.4 Å². The van der Waals surface area contributed by atoms with Crippen LogP contribution in [0.25, 0.3) is 0 Å². The first-order valence-corrected chi connectivity index (χ1v) is 8.85. The van der Waals surface area contributed by atoms with Crippen LogP contribution in [0, 0.1) is 10.1 Å². The van der Waals surface area contributed by atoms with E-state index in [0.29, 0.717) is 5.56 Å². The van der Waals surface area contributed by atoms with Gasteiger partial charge < -0.3 is 14.6 Å². The van der Waals surface area contributed by atoms with Gasteiger partial charge in [-0.25, -0.2) is 8.42 Å². The number of non-ortho nitro benzene ring substituents is 1. The van der Waals surface area contributed by atoms with Crippen molar-refractivity contribution >= 4 is 27.4 Å². The Morgan fingerprint density at radius 3 is 2.38 bits per heavy atom. The van der Waals surface area contributed by atoms with E-state index >= 15 is 0 Å². The van der Waals surface area contributed by atoms with Crippen LogP contribution in [-0.2, 0) is 21.2 Å². The number of carbonyl (C=O) groups excluding carboxylic acids is 1. The largest absolute Gasteiger partial charge is 0.550 e. The first-order chi connectivity index (χ1) is 12.2. The number of methoxy groups -OCH3 is 1. The topological polar surface area (TPSA) is 139 Å². The standard InChI is InChI=1S/C16H16N2O7S/c1-25-15-8-5-12(18(21)22)10-14(15)17-26(23,24)13-6-2-11(3-7-13)4-9-16(19)20/h2-3,5-8,10,17H,4,9H2,1H3,(H,19,20)/p-1. The number of rotatable bonds is 8. The quantitative estimate of drug-likeness (QED) is 0.535. The number of anilines is 1. The number of nitro benzene ring substituents is 1. The molecule has 26 heavy (non-hydrogen) atoms. The third kappa shape index (κ3) is 4.70. The maximum Gasteiger partial charge on any atom is 0.271 e. The normalized spacial score (nSPS) is 11.0. The number of hydrogen-bond acceptors (Lipinski definition) is 7. The number of nitro groups is 1. The first-order valence-electron chi connectivity index (χ1n) is 7.37. The van der Waals surface area contributed by atoms with Crippen molar-refractivity contribution in [3.8, 4) is 5.75 Å². The Balaban J connectivity index is 2.27. The van der Waals surface area contributed by atoms with Crippen molar-refractivity contribution in [1.29, 1.82) is 0 Å². The van der Waals surface area contributed by atoms with E-state index in [9.17, 15) is 28.4 Å². The van der Waals surface area contributed by atoms with Gasteiger partial charge in [-0.15, -0.1) is 0 Å². The molecule has 2 aromatic rings. The van der Waals surface area contributed by atoms with Crippen molar-refractivity contribution in [2.75, 3.05) is 11.8 Å². The summed E-state index contributed by atoms with van der Waals surface area (Å²) in [7, 11) is -2.71. The van der Waals surface area contributed by atoms with E-state index in [0.717, 1.165) is 6.07 Å². The summed E-state index contributed by atoms with van der Waals surface area (Å²) >= 11 is 0. The van der Waals surface area contributed by atoms with Gasteiger partial charge in [-0.05, 0) is 36.6 Å². The molecule has 138 valence electrons. The smallest absolute Gasteiger partial charge is 0.271 e. The number of carbonyl (C=O) groups is 1. The van der Waals surface area contributed by atoms with E-state index in [4.69, 9.17) is 4.74 Å². The van der Waals surface area contributed by atoms with Gasteiger partial charge >= 0.3 is 0 Å². The molecule has 9 nitrogen and oxygen atoms in total. The lowest BCUT2D eigenvalue weighted by Gasteiger charge is -2.12. The van der Waals surface area contributed by atoms with E-state index in [1.165, 1.54) is 43.5 Å². The molecule has 0 bridgehead atoms. The van der Waals surface area contributed by atoms with Crippen LogP contribution in [0.4, 0.5) is 11.4 Å². The summed E-state index contributed by atoms with van der Waals surface area (Å²) in [6.07, 6.45) is 0.0457. The van der Waals surface area contributed by atoms with Crippen molar-refractivity contribution in [2.45, 2.75) is 17.7 Å². The van der Waals surface area contributed by atoms with Crippen molar-refractivity contribution < 1.29 is 28.0 Å². The van der Waals surface area contributed by atoms with Gasteiger partial charge in [0.2, 0.25) is 0 Å². The molecule has 2 rings (SSSR count). The van der Waals surface area contributed by atoms with Gasteiger partial charge in [0.05, 0.1) is 22.6 Å². The van der Waals surface area contributed by atoms with Crippen LogP contribution in [0.2, 0.25) is 0 Å². The van der Waals surface area contributed by atoms with Gasteiger partial charge in [-0.1, -0.05) is 12.1 Å². The zero-order chi connectivity index (χ0) is 19.3. The van der Waals surface area contributed by atoms with Crippen molar-refractivity contribution in [3.05, 3.63) is 58.1 Å². The highest BCUT2D eigenvalue weighted by Gasteiger charge is 2.19. The molecule has 0 atom stereocenters. The van der Waals surface area contributed by atoms with Crippen molar-refractivity contribution in [1.82, 2.24) is 0 Å². The average Bonchev–Trinajstić information content (AvgIpc) is 2.59. The number of sulfonamides is 1. The number of aliphatic carboxylic acids is 1. The molecule has 0 spiro atoms. The lowest BCUT2D eigenvalue weighted by atomic mass is 10.1. The SMILES string of the molecule is COc1ccc([N+](=O)[O-])cc1NS(=O)(=O)c1ccc(CCC(=O)[O-])cc1. The van der Waals surface area contributed by atoms with Crippen molar-refractivity contribution in [3.63, 3.8) is 0 Å². The van der Waals surface area contributed by atoms with Crippen LogP contribution >= 0.6 is 0 Å². The van der Waals surface area contributed by atoms with Crippen molar-refractivity contribution in [2.24, 2.45) is 0 Å². The lowest BCUT2D eigenvalue weighted by molar-refractivity contribution is -0.384. The maximum atomic E-state index is 12.5. The minimum atomic E-state index is -4.02. The van der Waals surface area contributed by atoms with Gasteiger partial charge in [0.1, 0.15) is 5.75 Å². The molecule has 0 unspecified atom stereocenters. The third-order valence-electron chi connectivity index (χ3n) is 3.49. The fourth-order valence-corrected chi connectivity index (χ4v) is 3.24. The van der Waals surface area contributed by atoms with E-state index in [1.54, 1.807) is 0 Å². The fourth-order valence-electron chi connectivity index (χ4n) is 2.17. The van der Waals surface area contributed by atoms with E-state index in [2.05, 4.69) is 4.72 Å².